The van der Waals surface area contributed by atoms with Crippen LogP contribution in [0.25, 0.3) is 11.3 Å². The van der Waals surface area contributed by atoms with Gasteiger partial charge in [-0.25, -0.2) is 0 Å². The van der Waals surface area contributed by atoms with Gasteiger partial charge in [0.25, 0.3) is 0 Å². The van der Waals surface area contributed by atoms with Crippen LogP contribution in [0.4, 0.5) is 5.69 Å². The van der Waals surface area contributed by atoms with E-state index in [9.17, 15) is 4.79 Å². The number of aromatic nitrogens is 1. The number of rotatable bonds is 4. The predicted octanol–water partition coefficient (Wildman–Crippen LogP) is 4.59. The highest BCUT2D eigenvalue weighted by Gasteiger charge is 2.11. The Hall–Kier alpha value is -2.40. The third kappa shape index (κ3) is 4.07. The molecule has 0 saturated heterocycles. The monoisotopic (exact) mass is 370 g/mol. The average molecular weight is 371 g/mol. The first kappa shape index (κ1) is 15.5. The normalized spacial score (nSPS) is 10.5. The molecule has 23 heavy (non-hydrogen) atoms. The standard InChI is InChI=1S/C18H15BrN2O2/c1-12-2-4-13(5-3-12)17-10-16(21-23-17)11-18(22)20-15-8-6-14(19)7-9-15/h2-10H,11H2,1H3,(H,20,22). The molecule has 0 unspecified atom stereocenters. The van der Waals surface area contributed by atoms with Crippen molar-refractivity contribution < 1.29 is 9.32 Å². The van der Waals surface area contributed by atoms with Crippen LogP contribution in [0.15, 0.2) is 63.6 Å². The van der Waals surface area contributed by atoms with E-state index in [1.807, 2.05) is 55.5 Å². The predicted molar refractivity (Wildman–Crippen MR) is 93.2 cm³/mol. The molecule has 0 bridgehead atoms. The van der Waals surface area contributed by atoms with Gasteiger partial charge in [-0.3, -0.25) is 4.79 Å². The number of hydrogen-bond acceptors (Lipinski definition) is 3. The van der Waals surface area contributed by atoms with Crippen LogP contribution in [0.2, 0.25) is 0 Å². The van der Waals surface area contributed by atoms with Gasteiger partial charge in [0.2, 0.25) is 5.91 Å². The maximum atomic E-state index is 12.1. The van der Waals surface area contributed by atoms with Gasteiger partial charge in [-0.15, -0.1) is 0 Å². The summed E-state index contributed by atoms with van der Waals surface area (Å²) in [6, 6.07) is 17.2. The Morgan fingerprint density at radius 3 is 2.52 bits per heavy atom. The Labute approximate surface area is 142 Å². The van der Waals surface area contributed by atoms with Gasteiger partial charge in [0.15, 0.2) is 5.76 Å². The third-order valence-electron chi connectivity index (χ3n) is 3.36. The lowest BCUT2D eigenvalue weighted by Gasteiger charge is -2.03. The largest absolute Gasteiger partial charge is 0.356 e. The molecule has 116 valence electrons. The molecular formula is C18H15BrN2O2. The van der Waals surface area contributed by atoms with Gasteiger partial charge in [0, 0.05) is 21.8 Å². The first-order valence-corrected chi connectivity index (χ1v) is 7.97. The van der Waals surface area contributed by atoms with Crippen molar-refractivity contribution in [1.82, 2.24) is 5.16 Å². The Bertz CT molecular complexity index is 808. The van der Waals surface area contributed by atoms with Crippen LogP contribution in [0.1, 0.15) is 11.3 Å². The molecule has 0 saturated carbocycles. The fourth-order valence-corrected chi connectivity index (χ4v) is 2.42. The van der Waals surface area contributed by atoms with E-state index >= 15 is 0 Å². The van der Waals surface area contributed by atoms with Crippen molar-refractivity contribution in [2.75, 3.05) is 5.32 Å². The maximum Gasteiger partial charge on any atom is 0.230 e. The lowest BCUT2D eigenvalue weighted by Crippen LogP contribution is -2.14. The number of nitrogens with one attached hydrogen (secondary N) is 1. The van der Waals surface area contributed by atoms with Crippen LogP contribution in [-0.2, 0) is 11.2 Å². The van der Waals surface area contributed by atoms with Crippen LogP contribution in [0, 0.1) is 6.92 Å². The molecule has 0 fully saturated rings. The number of nitrogens with zero attached hydrogens (tertiary/aromatic N) is 1. The van der Waals surface area contributed by atoms with E-state index in [2.05, 4.69) is 26.4 Å². The molecule has 0 aliphatic heterocycles. The van der Waals surface area contributed by atoms with E-state index in [-0.39, 0.29) is 12.3 Å². The molecule has 3 rings (SSSR count). The molecule has 1 amide bonds. The van der Waals surface area contributed by atoms with Crippen molar-refractivity contribution in [3.63, 3.8) is 0 Å². The van der Waals surface area contributed by atoms with Gasteiger partial charge in [-0.1, -0.05) is 50.9 Å². The molecule has 0 aliphatic carbocycles. The second kappa shape index (κ2) is 6.79. The van der Waals surface area contributed by atoms with E-state index in [1.54, 1.807) is 6.07 Å². The number of anilines is 1. The molecule has 2 aromatic carbocycles. The molecule has 0 radical (unpaired) electrons. The van der Waals surface area contributed by atoms with Gasteiger partial charge in [-0.05, 0) is 31.2 Å². The Kier molecular flexibility index (Phi) is 4.57. The molecule has 4 nitrogen and oxygen atoms in total. The minimum absolute atomic E-state index is 0.129. The average Bonchev–Trinajstić information content (AvgIpc) is 2.98. The van der Waals surface area contributed by atoms with Gasteiger partial charge in [-0.2, -0.15) is 0 Å². The number of aryl methyl sites for hydroxylation is 1. The van der Waals surface area contributed by atoms with Crippen molar-refractivity contribution in [3.8, 4) is 11.3 Å². The molecule has 1 aromatic heterocycles. The first-order valence-electron chi connectivity index (χ1n) is 7.18. The quantitative estimate of drug-likeness (QED) is 0.730. The van der Waals surface area contributed by atoms with Crippen molar-refractivity contribution in [2.45, 2.75) is 13.3 Å². The van der Waals surface area contributed by atoms with Crippen LogP contribution in [0.3, 0.4) is 0 Å². The first-order chi connectivity index (χ1) is 11.1. The van der Waals surface area contributed by atoms with Crippen molar-refractivity contribution in [2.24, 2.45) is 0 Å². The third-order valence-corrected chi connectivity index (χ3v) is 3.89. The van der Waals surface area contributed by atoms with Gasteiger partial charge in [0.05, 0.1) is 12.1 Å². The molecular weight excluding hydrogens is 356 g/mol. The summed E-state index contributed by atoms with van der Waals surface area (Å²) < 4.78 is 6.29. The van der Waals surface area contributed by atoms with E-state index in [0.717, 1.165) is 15.7 Å². The summed E-state index contributed by atoms with van der Waals surface area (Å²) in [5.74, 6) is 0.535. The van der Waals surface area contributed by atoms with Crippen molar-refractivity contribution in [3.05, 3.63) is 70.3 Å². The zero-order valence-electron chi connectivity index (χ0n) is 12.5. The Morgan fingerprint density at radius 2 is 1.83 bits per heavy atom. The highest BCUT2D eigenvalue weighted by atomic mass is 79.9. The smallest absolute Gasteiger partial charge is 0.230 e. The molecule has 5 heteroatoms. The summed E-state index contributed by atoms with van der Waals surface area (Å²) in [5.41, 5.74) is 3.49. The van der Waals surface area contributed by atoms with Crippen LogP contribution >= 0.6 is 15.9 Å². The zero-order valence-corrected chi connectivity index (χ0v) is 14.1. The summed E-state index contributed by atoms with van der Waals surface area (Å²) in [4.78, 5) is 12.1. The van der Waals surface area contributed by atoms with Crippen molar-refractivity contribution >= 4 is 27.5 Å². The molecule has 0 aliphatic rings. The molecule has 3 aromatic rings. The minimum Gasteiger partial charge on any atom is -0.356 e. The topological polar surface area (TPSA) is 55.1 Å². The summed E-state index contributed by atoms with van der Waals surface area (Å²) in [6.45, 7) is 2.03. The van der Waals surface area contributed by atoms with Gasteiger partial charge < -0.3 is 9.84 Å². The van der Waals surface area contributed by atoms with Gasteiger partial charge in [0.1, 0.15) is 0 Å². The fourth-order valence-electron chi connectivity index (χ4n) is 2.15. The highest BCUT2D eigenvalue weighted by molar-refractivity contribution is 9.10. The Balaban J connectivity index is 1.65. The lowest BCUT2D eigenvalue weighted by atomic mass is 10.1. The van der Waals surface area contributed by atoms with E-state index in [4.69, 9.17) is 4.52 Å². The molecule has 1 N–H and O–H groups in total. The van der Waals surface area contributed by atoms with Crippen LogP contribution < -0.4 is 5.32 Å². The second-order valence-electron chi connectivity index (χ2n) is 5.28. The number of carbonyl (C=O) groups excluding carboxylic acids is 1. The highest BCUT2D eigenvalue weighted by Crippen LogP contribution is 2.21. The zero-order chi connectivity index (χ0) is 16.2. The lowest BCUT2D eigenvalue weighted by molar-refractivity contribution is -0.115. The number of halogens is 1. The summed E-state index contributed by atoms with van der Waals surface area (Å²) in [7, 11) is 0. The summed E-state index contributed by atoms with van der Waals surface area (Å²) >= 11 is 3.36. The molecule has 0 spiro atoms. The molecule has 0 atom stereocenters. The number of hydrogen-bond donors (Lipinski definition) is 1. The summed E-state index contributed by atoms with van der Waals surface area (Å²) in [6.07, 6.45) is 0.172. The van der Waals surface area contributed by atoms with E-state index < -0.39 is 0 Å². The van der Waals surface area contributed by atoms with E-state index in [0.29, 0.717) is 11.5 Å². The maximum absolute atomic E-state index is 12.1. The number of carbonyl (C=O) groups is 1. The number of benzene rings is 2. The summed E-state index contributed by atoms with van der Waals surface area (Å²) in [5, 5.41) is 6.80. The fraction of sp³-hybridized carbons (Fsp3) is 0.111. The minimum atomic E-state index is -0.129. The van der Waals surface area contributed by atoms with Gasteiger partial charge >= 0.3 is 0 Å². The molecule has 1 heterocycles. The second-order valence-corrected chi connectivity index (χ2v) is 6.20. The number of amides is 1. The van der Waals surface area contributed by atoms with Crippen molar-refractivity contribution in [1.29, 1.82) is 0 Å². The Morgan fingerprint density at radius 1 is 1.13 bits per heavy atom. The SMILES string of the molecule is Cc1ccc(-c2cc(CC(=O)Nc3ccc(Br)cc3)no2)cc1. The van der Waals surface area contributed by atoms with Crippen LogP contribution in [-0.4, -0.2) is 11.1 Å². The van der Waals surface area contributed by atoms with E-state index in [1.165, 1.54) is 5.56 Å². The van der Waals surface area contributed by atoms with Crippen LogP contribution in [0.5, 0.6) is 0 Å².